The molecule has 0 spiro atoms. The van der Waals surface area contributed by atoms with Crippen molar-refractivity contribution in [2.24, 2.45) is 0 Å². The molecule has 0 N–H and O–H groups in total. The highest BCUT2D eigenvalue weighted by atomic mass is 19.1. The van der Waals surface area contributed by atoms with Gasteiger partial charge < -0.3 is 4.90 Å². The molecule has 0 unspecified atom stereocenters. The van der Waals surface area contributed by atoms with Crippen molar-refractivity contribution in [3.8, 4) is 11.1 Å². The van der Waals surface area contributed by atoms with Gasteiger partial charge >= 0.3 is 0 Å². The molecule has 29 heavy (non-hydrogen) atoms. The van der Waals surface area contributed by atoms with E-state index in [4.69, 9.17) is 4.98 Å². The highest BCUT2D eigenvalue weighted by molar-refractivity contribution is 5.78. The topological polar surface area (TPSA) is 36.7 Å². The average molecular weight is 396 g/mol. The van der Waals surface area contributed by atoms with Crippen LogP contribution in [0.2, 0.25) is 0 Å². The minimum atomic E-state index is -0.239. The first-order valence-corrected chi connectivity index (χ1v) is 10.6. The predicted molar refractivity (Wildman–Crippen MR) is 116 cm³/mol. The van der Waals surface area contributed by atoms with E-state index in [1.165, 1.54) is 31.9 Å². The Bertz CT molecular complexity index is 983. The number of halogens is 1. The van der Waals surface area contributed by atoms with Crippen LogP contribution in [0.1, 0.15) is 38.7 Å². The molecule has 1 aliphatic rings. The van der Waals surface area contributed by atoms with E-state index in [0.29, 0.717) is 17.3 Å². The van der Waals surface area contributed by atoms with Gasteiger partial charge in [-0.15, -0.1) is 0 Å². The smallest absolute Gasteiger partial charge is 0.165 e. The normalized spacial score (nSPS) is 17.7. The quantitative estimate of drug-likeness (QED) is 0.620. The van der Waals surface area contributed by atoms with Crippen molar-refractivity contribution < 1.29 is 4.39 Å². The molecule has 5 nitrogen and oxygen atoms in total. The lowest BCUT2D eigenvalue weighted by Gasteiger charge is -2.34. The van der Waals surface area contributed by atoms with Crippen molar-refractivity contribution in [3.05, 3.63) is 48.0 Å². The van der Waals surface area contributed by atoms with Gasteiger partial charge in [-0.1, -0.05) is 19.4 Å². The van der Waals surface area contributed by atoms with Crippen molar-refractivity contribution in [1.82, 2.24) is 19.5 Å². The Balaban J connectivity index is 1.58. The third-order valence-corrected chi connectivity index (χ3v) is 6.14. The lowest BCUT2D eigenvalue weighted by molar-refractivity contribution is 0.165. The van der Waals surface area contributed by atoms with E-state index in [1.54, 1.807) is 10.7 Å². The number of likely N-dealkylation sites (tertiary alicyclic amines) is 1. The summed E-state index contributed by atoms with van der Waals surface area (Å²) >= 11 is 0. The second kappa shape index (κ2) is 8.49. The maximum atomic E-state index is 14.5. The van der Waals surface area contributed by atoms with Crippen LogP contribution in [-0.4, -0.2) is 52.2 Å². The zero-order valence-corrected chi connectivity index (χ0v) is 17.6. The number of likely N-dealkylation sites (N-methyl/N-ethyl adjacent to an activating group) is 1. The molecular formula is C23H30FN5. The van der Waals surface area contributed by atoms with E-state index in [9.17, 15) is 4.39 Å². The monoisotopic (exact) mass is 395 g/mol. The Morgan fingerprint density at radius 3 is 2.86 bits per heavy atom. The molecule has 2 aromatic heterocycles. The third kappa shape index (κ3) is 4.13. The van der Waals surface area contributed by atoms with E-state index in [-0.39, 0.29) is 5.82 Å². The Morgan fingerprint density at radius 2 is 2.07 bits per heavy atom. The van der Waals surface area contributed by atoms with Crippen LogP contribution in [0, 0.1) is 5.82 Å². The van der Waals surface area contributed by atoms with E-state index >= 15 is 0 Å². The first kappa shape index (κ1) is 19.8. The third-order valence-electron chi connectivity index (χ3n) is 6.14. The number of aryl methyl sites for hydroxylation is 1. The number of piperidine rings is 1. The number of anilines is 1. The molecule has 1 atom stereocenters. The van der Waals surface area contributed by atoms with Crippen LogP contribution in [0.15, 0.2) is 36.7 Å². The lowest BCUT2D eigenvalue weighted by Crippen LogP contribution is -2.42. The molecule has 6 heteroatoms. The highest BCUT2D eigenvalue weighted by Crippen LogP contribution is 2.28. The van der Waals surface area contributed by atoms with Crippen molar-refractivity contribution in [2.45, 2.75) is 45.6 Å². The fourth-order valence-corrected chi connectivity index (χ4v) is 4.14. The van der Waals surface area contributed by atoms with E-state index in [2.05, 4.69) is 35.8 Å². The average Bonchev–Trinajstić information content (AvgIpc) is 3.16. The van der Waals surface area contributed by atoms with Gasteiger partial charge in [0.15, 0.2) is 5.65 Å². The standard InChI is InChI=1S/C23H30FN5/c1-4-18-8-9-21(24)19(15-18)20-16-25-29-12-10-22(26-23(20)29)27(3)13-14-28-11-6-5-7-17(28)2/h8-10,12,15-17H,4-7,11,13-14H2,1-3H3/t17-/m1/s1. The second-order valence-electron chi connectivity index (χ2n) is 8.08. The second-order valence-corrected chi connectivity index (χ2v) is 8.08. The summed E-state index contributed by atoms with van der Waals surface area (Å²) in [5, 5.41) is 4.38. The van der Waals surface area contributed by atoms with Crippen molar-refractivity contribution >= 4 is 11.5 Å². The van der Waals surface area contributed by atoms with E-state index in [1.807, 2.05) is 24.4 Å². The summed E-state index contributed by atoms with van der Waals surface area (Å²) in [6, 6.07) is 7.90. The molecule has 0 amide bonds. The van der Waals surface area contributed by atoms with Gasteiger partial charge in [0.05, 0.1) is 6.20 Å². The first-order valence-electron chi connectivity index (χ1n) is 10.6. The fourth-order valence-electron chi connectivity index (χ4n) is 4.14. The zero-order valence-electron chi connectivity index (χ0n) is 17.6. The van der Waals surface area contributed by atoms with Gasteiger partial charge in [0.1, 0.15) is 11.6 Å². The van der Waals surface area contributed by atoms with Crippen molar-refractivity contribution in [2.75, 3.05) is 31.6 Å². The largest absolute Gasteiger partial charge is 0.358 e. The molecule has 1 aromatic carbocycles. The number of fused-ring (bicyclic) bond motifs is 1. The number of aromatic nitrogens is 3. The van der Waals surface area contributed by atoms with Gasteiger partial charge in [-0.05, 0) is 56.5 Å². The summed E-state index contributed by atoms with van der Waals surface area (Å²) in [6.07, 6.45) is 8.39. The summed E-state index contributed by atoms with van der Waals surface area (Å²) in [6.45, 7) is 7.52. The van der Waals surface area contributed by atoms with E-state index < -0.39 is 0 Å². The zero-order chi connectivity index (χ0) is 20.4. The number of hydrogen-bond donors (Lipinski definition) is 0. The lowest BCUT2D eigenvalue weighted by atomic mass is 10.0. The Morgan fingerprint density at radius 1 is 1.21 bits per heavy atom. The summed E-state index contributed by atoms with van der Waals surface area (Å²) in [5.41, 5.74) is 3.09. The SMILES string of the molecule is CCc1ccc(F)c(-c2cnn3ccc(N(C)CCN4CCCC[C@H]4C)nc23)c1. The van der Waals surface area contributed by atoms with Crippen molar-refractivity contribution in [3.63, 3.8) is 0 Å². The number of benzene rings is 1. The summed E-state index contributed by atoms with van der Waals surface area (Å²) in [7, 11) is 2.07. The Hall–Kier alpha value is -2.47. The molecule has 0 saturated carbocycles. The van der Waals surface area contributed by atoms with Crippen LogP contribution >= 0.6 is 0 Å². The van der Waals surface area contributed by atoms with Gasteiger partial charge in [0.2, 0.25) is 0 Å². The van der Waals surface area contributed by atoms with Gasteiger partial charge in [-0.25, -0.2) is 13.9 Å². The summed E-state index contributed by atoms with van der Waals surface area (Å²) in [4.78, 5) is 9.57. The number of hydrogen-bond acceptors (Lipinski definition) is 4. The minimum Gasteiger partial charge on any atom is -0.358 e. The molecule has 0 bridgehead atoms. The van der Waals surface area contributed by atoms with Crippen LogP contribution in [0.4, 0.5) is 10.2 Å². The molecule has 3 heterocycles. The molecule has 1 fully saturated rings. The van der Waals surface area contributed by atoms with Crippen LogP contribution < -0.4 is 4.90 Å². The number of rotatable bonds is 6. The molecule has 1 aliphatic heterocycles. The maximum Gasteiger partial charge on any atom is 0.165 e. The first-order chi connectivity index (χ1) is 14.1. The Kier molecular flexibility index (Phi) is 5.81. The summed E-state index contributed by atoms with van der Waals surface area (Å²) < 4.78 is 16.3. The van der Waals surface area contributed by atoms with Gasteiger partial charge in [-0.2, -0.15) is 5.10 Å². The van der Waals surface area contributed by atoms with Crippen LogP contribution in [-0.2, 0) is 6.42 Å². The fraction of sp³-hybridized carbons (Fsp3) is 0.478. The molecule has 4 rings (SSSR count). The van der Waals surface area contributed by atoms with Crippen LogP contribution in [0.5, 0.6) is 0 Å². The number of nitrogens with zero attached hydrogens (tertiary/aromatic N) is 5. The Labute approximate surface area is 172 Å². The molecule has 0 aliphatic carbocycles. The van der Waals surface area contributed by atoms with E-state index in [0.717, 1.165) is 36.5 Å². The maximum absolute atomic E-state index is 14.5. The van der Waals surface area contributed by atoms with Gasteiger partial charge in [0, 0.05) is 43.5 Å². The van der Waals surface area contributed by atoms with Gasteiger partial charge in [-0.3, -0.25) is 4.90 Å². The molecule has 0 radical (unpaired) electrons. The van der Waals surface area contributed by atoms with Gasteiger partial charge in [0.25, 0.3) is 0 Å². The molecular weight excluding hydrogens is 365 g/mol. The molecule has 3 aromatic rings. The van der Waals surface area contributed by atoms with Crippen molar-refractivity contribution in [1.29, 1.82) is 0 Å². The van der Waals surface area contributed by atoms with Crippen LogP contribution in [0.25, 0.3) is 16.8 Å². The molecule has 154 valence electrons. The van der Waals surface area contributed by atoms with Crippen LogP contribution in [0.3, 0.4) is 0 Å². The highest BCUT2D eigenvalue weighted by Gasteiger charge is 2.19. The molecule has 1 saturated heterocycles. The predicted octanol–water partition coefficient (Wildman–Crippen LogP) is 4.41. The summed E-state index contributed by atoms with van der Waals surface area (Å²) in [5.74, 6) is 0.646. The minimum absolute atomic E-state index is 0.239.